The van der Waals surface area contributed by atoms with Crippen LogP contribution in [0.4, 0.5) is 13.9 Å². The molecule has 0 unspecified atom stereocenters. The summed E-state index contributed by atoms with van der Waals surface area (Å²) in [5, 5.41) is 36.3. The molecule has 4 atom stereocenters. The van der Waals surface area contributed by atoms with Crippen molar-refractivity contribution in [2.24, 2.45) is 0 Å². The molecular weight excluding hydrogens is 508 g/mol. The van der Waals surface area contributed by atoms with Crippen LogP contribution in [-0.4, -0.2) is 66.0 Å². The number of aliphatic hydroxyl groups excluding tert-OH is 2. The zero-order valence-corrected chi connectivity index (χ0v) is 20.2. The predicted molar refractivity (Wildman–Crippen MR) is 122 cm³/mol. The summed E-state index contributed by atoms with van der Waals surface area (Å²) in [6, 6.07) is 1.77. The van der Waals surface area contributed by atoms with Crippen LogP contribution in [0.1, 0.15) is 29.4 Å². The number of nitriles is 1. The molecule has 0 fully saturated rings. The number of benzene rings is 1. The number of aliphatic hydroxyl groups is 2. The van der Waals surface area contributed by atoms with Gasteiger partial charge in [-0.15, -0.1) is 11.3 Å². The van der Waals surface area contributed by atoms with Crippen molar-refractivity contribution in [2.45, 2.75) is 44.1 Å². The highest BCUT2D eigenvalue weighted by atomic mass is 32.2. The summed E-state index contributed by atoms with van der Waals surface area (Å²) in [6.07, 6.45) is -3.38. The highest BCUT2D eigenvalue weighted by molar-refractivity contribution is 7.92. The van der Waals surface area contributed by atoms with E-state index in [-0.39, 0.29) is 29.2 Å². The maximum absolute atomic E-state index is 13.7. The van der Waals surface area contributed by atoms with Crippen LogP contribution in [0.15, 0.2) is 23.6 Å². The summed E-state index contributed by atoms with van der Waals surface area (Å²) in [6.45, 7) is 1.14. The molecule has 0 aliphatic carbocycles. The van der Waals surface area contributed by atoms with Crippen molar-refractivity contribution in [1.82, 2.24) is 15.6 Å². The summed E-state index contributed by atoms with van der Waals surface area (Å²) in [5.74, 6) is -3.28. The quantitative estimate of drug-likeness (QED) is 0.274. The van der Waals surface area contributed by atoms with Gasteiger partial charge in [0.1, 0.15) is 29.5 Å². The van der Waals surface area contributed by atoms with Crippen LogP contribution in [0.2, 0.25) is 0 Å². The van der Waals surface area contributed by atoms with Gasteiger partial charge < -0.3 is 20.8 Å². The molecule has 0 bridgehead atoms. The Bertz CT molecular complexity index is 1200. The molecule has 1 heterocycles. The molecule has 35 heavy (non-hydrogen) atoms. The van der Waals surface area contributed by atoms with E-state index < -0.39 is 57.8 Å². The highest BCUT2D eigenvalue weighted by Crippen LogP contribution is 2.19. The standard InChI is InChI=1S/C20H23F2N5O6S2/c1-10(28)24-14(3-4-23)17(29)18(30)15(7-11-5-12(21)8-13(22)6-11)25-19(31)16-9-34-20(26-16)27-35(2,32)33/h5-6,8-9,14-15,17-18,29-30H,3,7H2,1-2H3,(H,24,28)(H,25,31)(H,26,27)/t14-,15+,17-,18-/m1/s1. The lowest BCUT2D eigenvalue weighted by Gasteiger charge is -2.31. The monoisotopic (exact) mass is 531 g/mol. The molecule has 0 radical (unpaired) electrons. The van der Waals surface area contributed by atoms with E-state index in [4.69, 9.17) is 5.26 Å². The molecule has 0 aliphatic rings. The lowest BCUT2D eigenvalue weighted by molar-refractivity contribution is -0.121. The summed E-state index contributed by atoms with van der Waals surface area (Å²) in [4.78, 5) is 28.0. The normalized spacial score (nSPS) is 14.8. The average Bonchev–Trinajstić information content (AvgIpc) is 3.17. The van der Waals surface area contributed by atoms with Crippen molar-refractivity contribution < 1.29 is 37.0 Å². The zero-order chi connectivity index (χ0) is 26.3. The Labute approximate surface area is 203 Å². The van der Waals surface area contributed by atoms with Gasteiger partial charge in [-0.05, 0) is 24.1 Å². The maximum Gasteiger partial charge on any atom is 0.271 e. The maximum atomic E-state index is 13.7. The van der Waals surface area contributed by atoms with Crippen LogP contribution >= 0.6 is 11.3 Å². The third-order valence-electron chi connectivity index (χ3n) is 4.58. The molecule has 0 aliphatic heterocycles. The van der Waals surface area contributed by atoms with Crippen molar-refractivity contribution in [3.8, 4) is 6.07 Å². The molecule has 1 aromatic heterocycles. The van der Waals surface area contributed by atoms with Crippen molar-refractivity contribution in [3.05, 3.63) is 46.5 Å². The Morgan fingerprint density at radius 3 is 2.29 bits per heavy atom. The second-order valence-electron chi connectivity index (χ2n) is 7.62. The molecule has 0 spiro atoms. The number of aromatic nitrogens is 1. The number of halogens is 2. The fourth-order valence-electron chi connectivity index (χ4n) is 3.16. The number of carbonyl (C=O) groups excluding carboxylic acids is 2. The summed E-state index contributed by atoms with van der Waals surface area (Å²) in [5.41, 5.74) is -0.193. The first-order valence-electron chi connectivity index (χ1n) is 9.98. The molecule has 2 rings (SSSR count). The molecule has 0 saturated carbocycles. The Kier molecular flexibility index (Phi) is 9.60. The molecule has 0 saturated heterocycles. The number of anilines is 1. The lowest BCUT2D eigenvalue weighted by atomic mass is 9.92. The highest BCUT2D eigenvalue weighted by Gasteiger charge is 2.34. The Balaban J connectivity index is 2.32. The van der Waals surface area contributed by atoms with Gasteiger partial charge in [0.15, 0.2) is 5.13 Å². The predicted octanol–water partition coefficient (Wildman–Crippen LogP) is 0.274. The molecule has 15 heteroatoms. The van der Waals surface area contributed by atoms with Crippen molar-refractivity contribution >= 4 is 38.3 Å². The van der Waals surface area contributed by atoms with E-state index in [0.29, 0.717) is 6.07 Å². The van der Waals surface area contributed by atoms with Crippen molar-refractivity contribution in [3.63, 3.8) is 0 Å². The number of amides is 2. The Morgan fingerprint density at radius 1 is 1.14 bits per heavy atom. The van der Waals surface area contributed by atoms with Gasteiger partial charge in [-0.3, -0.25) is 14.3 Å². The van der Waals surface area contributed by atoms with Gasteiger partial charge in [0.2, 0.25) is 15.9 Å². The number of nitrogens with zero attached hydrogens (tertiary/aromatic N) is 2. The second-order valence-corrected chi connectivity index (χ2v) is 10.2. The van der Waals surface area contributed by atoms with Gasteiger partial charge in [0.25, 0.3) is 5.91 Å². The fraction of sp³-hybridized carbons (Fsp3) is 0.400. The first kappa shape index (κ1) is 28.1. The summed E-state index contributed by atoms with van der Waals surface area (Å²) in [7, 11) is -3.65. The first-order valence-corrected chi connectivity index (χ1v) is 12.8. The fourth-order valence-corrected chi connectivity index (χ4v) is 4.70. The van der Waals surface area contributed by atoms with Crippen LogP contribution in [0.25, 0.3) is 0 Å². The van der Waals surface area contributed by atoms with E-state index in [1.807, 2.05) is 0 Å². The molecular formula is C20H23F2N5O6S2. The van der Waals surface area contributed by atoms with Gasteiger partial charge in [-0.25, -0.2) is 22.2 Å². The molecule has 11 nitrogen and oxygen atoms in total. The van der Waals surface area contributed by atoms with E-state index in [1.165, 1.54) is 5.38 Å². The molecule has 190 valence electrons. The number of rotatable bonds is 11. The van der Waals surface area contributed by atoms with Crippen LogP contribution in [0, 0.1) is 23.0 Å². The Morgan fingerprint density at radius 2 is 1.74 bits per heavy atom. The van der Waals surface area contributed by atoms with Crippen molar-refractivity contribution in [1.29, 1.82) is 5.26 Å². The van der Waals surface area contributed by atoms with E-state index in [0.717, 1.165) is 36.6 Å². The van der Waals surface area contributed by atoms with Gasteiger partial charge >= 0.3 is 0 Å². The lowest BCUT2D eigenvalue weighted by Crippen LogP contribution is -2.56. The number of hydrogen-bond acceptors (Lipinski definition) is 9. The molecule has 5 N–H and O–H groups in total. The first-order chi connectivity index (χ1) is 16.3. The van der Waals surface area contributed by atoms with Crippen LogP contribution in [0.3, 0.4) is 0 Å². The Hall–Kier alpha value is -3.19. The minimum atomic E-state index is -3.65. The third-order valence-corrected chi connectivity index (χ3v) is 6.03. The number of sulfonamides is 1. The largest absolute Gasteiger partial charge is 0.388 e. The molecule has 1 aromatic carbocycles. The third kappa shape index (κ3) is 8.83. The smallest absolute Gasteiger partial charge is 0.271 e. The van der Waals surface area contributed by atoms with Gasteiger partial charge in [-0.1, -0.05) is 0 Å². The van der Waals surface area contributed by atoms with Crippen LogP contribution in [0.5, 0.6) is 0 Å². The number of nitrogens with one attached hydrogen (secondary N) is 3. The van der Waals surface area contributed by atoms with E-state index >= 15 is 0 Å². The zero-order valence-electron chi connectivity index (χ0n) is 18.5. The van der Waals surface area contributed by atoms with Gasteiger partial charge in [0.05, 0.1) is 30.8 Å². The summed E-state index contributed by atoms with van der Waals surface area (Å²) < 4.78 is 52.2. The molecule has 2 aromatic rings. The topological polar surface area (TPSA) is 182 Å². The molecule has 2 amide bonds. The van der Waals surface area contributed by atoms with E-state index in [1.54, 1.807) is 6.07 Å². The van der Waals surface area contributed by atoms with E-state index in [9.17, 15) is 37.0 Å². The number of hydrogen-bond donors (Lipinski definition) is 5. The van der Waals surface area contributed by atoms with Crippen LogP contribution < -0.4 is 15.4 Å². The second kappa shape index (κ2) is 12.0. The number of carbonyl (C=O) groups is 2. The van der Waals surface area contributed by atoms with Gasteiger partial charge in [0, 0.05) is 18.4 Å². The average molecular weight is 532 g/mol. The van der Waals surface area contributed by atoms with Gasteiger partial charge in [-0.2, -0.15) is 5.26 Å². The minimum Gasteiger partial charge on any atom is -0.388 e. The van der Waals surface area contributed by atoms with Crippen LogP contribution in [-0.2, 0) is 21.2 Å². The van der Waals surface area contributed by atoms with Crippen molar-refractivity contribution in [2.75, 3.05) is 11.0 Å². The van der Waals surface area contributed by atoms with E-state index in [2.05, 4.69) is 20.3 Å². The minimum absolute atomic E-state index is 0.0353. The number of thiazole rings is 1. The summed E-state index contributed by atoms with van der Waals surface area (Å²) >= 11 is 0.816. The SMILES string of the molecule is CC(=O)N[C@H](CC#N)[C@@H](O)[C@H](O)[C@H](Cc1cc(F)cc(F)c1)NC(=O)c1csc(NS(C)(=O)=O)n1.